The minimum Gasteiger partial charge on any atom is -0.373 e. The van der Waals surface area contributed by atoms with Crippen molar-refractivity contribution in [2.75, 3.05) is 5.32 Å². The van der Waals surface area contributed by atoms with E-state index < -0.39 is 11.0 Å². The lowest BCUT2D eigenvalue weighted by atomic mass is 9.68. The number of benzene rings is 1. The van der Waals surface area contributed by atoms with Crippen molar-refractivity contribution in [3.63, 3.8) is 0 Å². The number of carbonyl (C=O) groups excluding carboxylic acids is 2. The van der Waals surface area contributed by atoms with E-state index in [9.17, 15) is 9.59 Å². The first-order chi connectivity index (χ1) is 12.2. The average Bonchev–Trinajstić information content (AvgIpc) is 3.20. The summed E-state index contributed by atoms with van der Waals surface area (Å²) in [5.41, 5.74) is 5.46. The van der Waals surface area contributed by atoms with Crippen LogP contribution in [-0.2, 0) is 23.1 Å². The molecule has 0 saturated heterocycles. The Labute approximate surface area is 153 Å². The standard InChI is InChI=1S/C21H24N2O3/c1-11-17(16(10-24)23-26-11)14-9-15-18(13-8-6-7-12(13)14)22-21(4,5)19(25)20(15,2)3/h9-10,22H,6-8H2,1-5H3. The second-order valence-electron chi connectivity index (χ2n) is 8.48. The summed E-state index contributed by atoms with van der Waals surface area (Å²) < 4.78 is 5.29. The molecule has 1 aliphatic heterocycles. The lowest BCUT2D eigenvalue weighted by molar-refractivity contribution is -0.127. The molecule has 1 N–H and O–H groups in total. The number of aryl methyl sites for hydroxylation is 1. The molecule has 0 unspecified atom stereocenters. The van der Waals surface area contributed by atoms with Crippen LogP contribution in [0.15, 0.2) is 10.6 Å². The lowest BCUT2D eigenvalue weighted by Crippen LogP contribution is -2.53. The molecular formula is C21H24N2O3. The largest absolute Gasteiger partial charge is 0.373 e. The van der Waals surface area contributed by atoms with Crippen molar-refractivity contribution in [3.05, 3.63) is 34.2 Å². The SMILES string of the molecule is Cc1onc(C=O)c1-c1cc2c(c3c1CCC3)NC(C)(C)C(=O)C2(C)C. The Morgan fingerprint density at radius 1 is 1.19 bits per heavy atom. The second-order valence-corrected chi connectivity index (χ2v) is 8.48. The van der Waals surface area contributed by atoms with Gasteiger partial charge in [0.1, 0.15) is 5.76 Å². The van der Waals surface area contributed by atoms with Crippen LogP contribution in [0.4, 0.5) is 5.69 Å². The summed E-state index contributed by atoms with van der Waals surface area (Å²) in [5.74, 6) is 0.799. The van der Waals surface area contributed by atoms with E-state index in [-0.39, 0.29) is 5.78 Å². The maximum Gasteiger partial charge on any atom is 0.172 e. The summed E-state index contributed by atoms with van der Waals surface area (Å²) in [6.07, 6.45) is 3.73. The van der Waals surface area contributed by atoms with E-state index in [2.05, 4.69) is 16.5 Å². The zero-order valence-electron chi connectivity index (χ0n) is 15.9. The van der Waals surface area contributed by atoms with Gasteiger partial charge < -0.3 is 9.84 Å². The topological polar surface area (TPSA) is 72.2 Å². The van der Waals surface area contributed by atoms with E-state index in [0.717, 1.165) is 47.9 Å². The minimum absolute atomic E-state index is 0.166. The van der Waals surface area contributed by atoms with Crippen molar-refractivity contribution in [2.45, 2.75) is 64.8 Å². The van der Waals surface area contributed by atoms with Gasteiger partial charge in [-0.15, -0.1) is 0 Å². The van der Waals surface area contributed by atoms with Gasteiger partial charge in [0, 0.05) is 5.69 Å². The third kappa shape index (κ3) is 2.12. The first kappa shape index (κ1) is 17.0. The molecule has 2 aromatic rings. The van der Waals surface area contributed by atoms with Crippen LogP contribution in [0.2, 0.25) is 0 Å². The molecule has 0 spiro atoms. The number of anilines is 1. The maximum absolute atomic E-state index is 13.1. The number of hydrogen-bond donors (Lipinski definition) is 1. The summed E-state index contributed by atoms with van der Waals surface area (Å²) in [6.45, 7) is 9.70. The third-order valence-electron chi connectivity index (χ3n) is 5.92. The van der Waals surface area contributed by atoms with E-state index in [4.69, 9.17) is 4.52 Å². The van der Waals surface area contributed by atoms with Crippen LogP contribution in [0.5, 0.6) is 0 Å². The second kappa shape index (κ2) is 5.29. The number of fused-ring (bicyclic) bond motifs is 3. The normalized spacial score (nSPS) is 19.7. The van der Waals surface area contributed by atoms with Crippen molar-refractivity contribution in [1.82, 2.24) is 5.16 Å². The van der Waals surface area contributed by atoms with Gasteiger partial charge in [-0.25, -0.2) is 0 Å². The van der Waals surface area contributed by atoms with Crippen molar-refractivity contribution in [2.24, 2.45) is 0 Å². The Kier molecular flexibility index (Phi) is 3.46. The summed E-state index contributed by atoms with van der Waals surface area (Å²) >= 11 is 0. The summed E-state index contributed by atoms with van der Waals surface area (Å²) in [5, 5.41) is 7.40. The van der Waals surface area contributed by atoms with Gasteiger partial charge in [0.15, 0.2) is 17.8 Å². The molecule has 5 heteroatoms. The molecule has 136 valence electrons. The predicted molar refractivity (Wildman–Crippen MR) is 99.8 cm³/mol. The van der Waals surface area contributed by atoms with Gasteiger partial charge in [-0.2, -0.15) is 0 Å². The van der Waals surface area contributed by atoms with Crippen LogP contribution in [0.25, 0.3) is 11.1 Å². The highest BCUT2D eigenvalue weighted by Gasteiger charge is 2.47. The molecule has 0 atom stereocenters. The number of Topliss-reactive ketones (excluding diaryl/α,β-unsaturated/α-hetero) is 1. The number of hydrogen-bond acceptors (Lipinski definition) is 5. The van der Waals surface area contributed by atoms with Gasteiger partial charge >= 0.3 is 0 Å². The molecule has 5 nitrogen and oxygen atoms in total. The van der Waals surface area contributed by atoms with E-state index in [1.807, 2.05) is 34.6 Å². The minimum atomic E-state index is -0.608. The number of rotatable bonds is 2. The van der Waals surface area contributed by atoms with Crippen molar-refractivity contribution in [1.29, 1.82) is 0 Å². The Hall–Kier alpha value is -2.43. The van der Waals surface area contributed by atoms with Crippen molar-refractivity contribution < 1.29 is 14.1 Å². The molecule has 26 heavy (non-hydrogen) atoms. The molecule has 1 aromatic carbocycles. The van der Waals surface area contributed by atoms with Gasteiger partial charge in [-0.1, -0.05) is 5.16 Å². The number of aldehydes is 1. The molecule has 2 aliphatic rings. The zero-order chi connectivity index (χ0) is 18.9. The Balaban J connectivity index is 2.06. The van der Waals surface area contributed by atoms with Crippen molar-refractivity contribution >= 4 is 17.8 Å². The smallest absolute Gasteiger partial charge is 0.172 e. The summed E-state index contributed by atoms with van der Waals surface area (Å²) in [4.78, 5) is 24.5. The van der Waals surface area contributed by atoms with Crippen LogP contribution in [-0.4, -0.2) is 22.8 Å². The molecule has 1 aliphatic carbocycles. The molecule has 4 rings (SSSR count). The molecule has 0 saturated carbocycles. The van der Waals surface area contributed by atoms with Gasteiger partial charge in [-0.05, 0) is 82.2 Å². The van der Waals surface area contributed by atoms with Crippen LogP contribution in [0, 0.1) is 6.92 Å². The molecule has 0 amide bonds. The number of ketones is 1. The van der Waals surface area contributed by atoms with Crippen LogP contribution >= 0.6 is 0 Å². The van der Waals surface area contributed by atoms with E-state index in [1.165, 1.54) is 11.1 Å². The number of nitrogens with zero attached hydrogens (tertiary/aromatic N) is 1. The van der Waals surface area contributed by atoms with Crippen LogP contribution in [0.1, 0.15) is 67.1 Å². The van der Waals surface area contributed by atoms with E-state index >= 15 is 0 Å². The highest BCUT2D eigenvalue weighted by atomic mass is 16.5. The molecular weight excluding hydrogens is 328 g/mol. The van der Waals surface area contributed by atoms with Crippen LogP contribution in [0.3, 0.4) is 0 Å². The average molecular weight is 352 g/mol. The number of aromatic nitrogens is 1. The highest BCUT2D eigenvalue weighted by molar-refractivity contribution is 6.04. The highest BCUT2D eigenvalue weighted by Crippen LogP contribution is 2.48. The molecule has 1 aromatic heterocycles. The van der Waals surface area contributed by atoms with Gasteiger partial charge in [-0.3, -0.25) is 9.59 Å². The number of nitrogens with one attached hydrogen (secondary N) is 1. The van der Waals surface area contributed by atoms with E-state index in [1.54, 1.807) is 0 Å². The monoisotopic (exact) mass is 352 g/mol. The zero-order valence-corrected chi connectivity index (χ0v) is 15.9. The lowest BCUT2D eigenvalue weighted by Gasteiger charge is -2.43. The van der Waals surface area contributed by atoms with Crippen molar-refractivity contribution in [3.8, 4) is 11.1 Å². The fourth-order valence-corrected chi connectivity index (χ4v) is 4.71. The fraction of sp³-hybridized carbons (Fsp3) is 0.476. The molecule has 2 heterocycles. The Morgan fingerprint density at radius 2 is 1.88 bits per heavy atom. The van der Waals surface area contributed by atoms with Crippen LogP contribution < -0.4 is 5.32 Å². The van der Waals surface area contributed by atoms with E-state index in [0.29, 0.717) is 11.5 Å². The van der Waals surface area contributed by atoms with Gasteiger partial charge in [0.2, 0.25) is 0 Å². The van der Waals surface area contributed by atoms with Gasteiger partial charge in [0.25, 0.3) is 0 Å². The maximum atomic E-state index is 13.1. The first-order valence-electron chi connectivity index (χ1n) is 9.12. The predicted octanol–water partition coefficient (Wildman–Crippen LogP) is 4.00. The fourth-order valence-electron chi connectivity index (χ4n) is 4.71. The summed E-state index contributed by atoms with van der Waals surface area (Å²) in [6, 6.07) is 2.08. The quantitative estimate of drug-likeness (QED) is 0.827. The Morgan fingerprint density at radius 3 is 2.58 bits per heavy atom. The molecule has 0 radical (unpaired) electrons. The summed E-state index contributed by atoms with van der Waals surface area (Å²) in [7, 11) is 0. The van der Waals surface area contributed by atoms with Gasteiger partial charge in [0.05, 0.1) is 16.5 Å². The molecule has 0 fully saturated rings. The third-order valence-corrected chi connectivity index (χ3v) is 5.92. The number of carbonyl (C=O) groups is 2. The Bertz CT molecular complexity index is 951. The molecule has 0 bridgehead atoms. The first-order valence-corrected chi connectivity index (χ1v) is 9.12.